The minimum atomic E-state index is -4.09. The van der Waals surface area contributed by atoms with Crippen LogP contribution in [0.1, 0.15) is 19.8 Å². The molecule has 6 heteroatoms. The predicted molar refractivity (Wildman–Crippen MR) is 51.3 cm³/mol. The van der Waals surface area contributed by atoms with Crippen molar-refractivity contribution in [3.05, 3.63) is 0 Å². The molecule has 0 radical (unpaired) electrons. The normalized spacial score (nSPS) is 22.1. The SMILES string of the molecule is CC(COCC1CO1)OCCCC(F)(F)F. The molecule has 0 N–H and O–H groups in total. The van der Waals surface area contributed by atoms with E-state index in [0.717, 1.165) is 6.61 Å². The molecule has 0 saturated carbocycles. The van der Waals surface area contributed by atoms with E-state index in [2.05, 4.69) is 0 Å². The summed E-state index contributed by atoms with van der Waals surface area (Å²) in [5.74, 6) is 0. The maximum absolute atomic E-state index is 11.8. The fourth-order valence-electron chi connectivity index (χ4n) is 1.13. The minimum absolute atomic E-state index is 0.000421. The van der Waals surface area contributed by atoms with Gasteiger partial charge in [-0.1, -0.05) is 0 Å². The molecular formula is C10H17F3O3. The molecule has 0 amide bonds. The summed E-state index contributed by atoms with van der Waals surface area (Å²) < 4.78 is 50.7. The molecule has 0 aliphatic carbocycles. The summed E-state index contributed by atoms with van der Waals surface area (Å²) in [5.41, 5.74) is 0. The summed E-state index contributed by atoms with van der Waals surface area (Å²) in [4.78, 5) is 0. The zero-order valence-electron chi connectivity index (χ0n) is 9.26. The zero-order chi connectivity index (χ0) is 12.0. The van der Waals surface area contributed by atoms with Crippen molar-refractivity contribution in [1.29, 1.82) is 0 Å². The molecule has 16 heavy (non-hydrogen) atoms. The molecule has 0 aromatic heterocycles. The Bertz CT molecular complexity index is 192. The molecule has 1 aliphatic heterocycles. The van der Waals surface area contributed by atoms with Crippen molar-refractivity contribution in [2.45, 2.75) is 38.1 Å². The molecule has 1 heterocycles. The second-order valence-corrected chi connectivity index (χ2v) is 3.89. The van der Waals surface area contributed by atoms with E-state index in [1.54, 1.807) is 6.92 Å². The second kappa shape index (κ2) is 6.42. The van der Waals surface area contributed by atoms with E-state index >= 15 is 0 Å². The second-order valence-electron chi connectivity index (χ2n) is 3.89. The van der Waals surface area contributed by atoms with Crippen LogP contribution in [0.3, 0.4) is 0 Å². The lowest BCUT2D eigenvalue weighted by Gasteiger charge is -2.13. The van der Waals surface area contributed by atoms with Gasteiger partial charge < -0.3 is 14.2 Å². The Morgan fingerprint density at radius 3 is 2.69 bits per heavy atom. The molecule has 0 spiro atoms. The molecule has 1 fully saturated rings. The monoisotopic (exact) mass is 242 g/mol. The van der Waals surface area contributed by atoms with Crippen molar-refractivity contribution in [1.82, 2.24) is 0 Å². The first-order valence-electron chi connectivity index (χ1n) is 5.35. The van der Waals surface area contributed by atoms with Crippen LogP contribution < -0.4 is 0 Å². The highest BCUT2D eigenvalue weighted by Crippen LogP contribution is 2.21. The summed E-state index contributed by atoms with van der Waals surface area (Å²) in [6.45, 7) is 3.56. The van der Waals surface area contributed by atoms with Crippen LogP contribution in [-0.4, -0.2) is 44.8 Å². The van der Waals surface area contributed by atoms with Gasteiger partial charge in [0.2, 0.25) is 0 Å². The summed E-state index contributed by atoms with van der Waals surface area (Å²) in [6, 6.07) is 0. The van der Waals surface area contributed by atoms with Crippen LogP contribution in [0, 0.1) is 0 Å². The Kier molecular flexibility index (Phi) is 5.51. The van der Waals surface area contributed by atoms with Crippen molar-refractivity contribution < 1.29 is 27.4 Å². The largest absolute Gasteiger partial charge is 0.389 e. The fraction of sp³-hybridized carbons (Fsp3) is 1.00. The van der Waals surface area contributed by atoms with E-state index in [9.17, 15) is 13.2 Å². The van der Waals surface area contributed by atoms with E-state index < -0.39 is 12.6 Å². The Hall–Kier alpha value is -0.330. The molecular weight excluding hydrogens is 225 g/mol. The van der Waals surface area contributed by atoms with E-state index in [1.807, 2.05) is 0 Å². The van der Waals surface area contributed by atoms with Gasteiger partial charge in [-0.25, -0.2) is 0 Å². The van der Waals surface area contributed by atoms with Crippen LogP contribution in [-0.2, 0) is 14.2 Å². The number of halogens is 3. The molecule has 2 atom stereocenters. The van der Waals surface area contributed by atoms with Crippen LogP contribution in [0.4, 0.5) is 13.2 Å². The quantitative estimate of drug-likeness (QED) is 0.482. The fourth-order valence-corrected chi connectivity index (χ4v) is 1.13. The number of rotatable bonds is 8. The molecule has 0 bridgehead atoms. The maximum Gasteiger partial charge on any atom is 0.389 e. The van der Waals surface area contributed by atoms with Gasteiger partial charge in [-0.2, -0.15) is 13.2 Å². The highest BCUT2D eigenvalue weighted by atomic mass is 19.4. The standard InChI is InChI=1S/C10H17F3O3/c1-8(5-14-6-9-7-16-9)15-4-2-3-10(11,12)13/h8-9H,2-7H2,1H3. The number of hydrogen-bond donors (Lipinski definition) is 0. The lowest BCUT2D eigenvalue weighted by molar-refractivity contribution is -0.139. The van der Waals surface area contributed by atoms with E-state index in [1.165, 1.54) is 0 Å². The van der Waals surface area contributed by atoms with Crippen molar-refractivity contribution in [3.63, 3.8) is 0 Å². The first kappa shape index (κ1) is 13.7. The van der Waals surface area contributed by atoms with Crippen molar-refractivity contribution in [2.75, 3.05) is 26.4 Å². The van der Waals surface area contributed by atoms with Gasteiger partial charge in [0.1, 0.15) is 6.10 Å². The number of hydrogen-bond acceptors (Lipinski definition) is 3. The van der Waals surface area contributed by atoms with Gasteiger partial charge in [0.25, 0.3) is 0 Å². The first-order chi connectivity index (χ1) is 7.47. The van der Waals surface area contributed by atoms with Gasteiger partial charge in [-0.05, 0) is 13.3 Å². The first-order valence-corrected chi connectivity index (χ1v) is 5.35. The summed E-state index contributed by atoms with van der Waals surface area (Å²) in [5, 5.41) is 0. The molecule has 3 nitrogen and oxygen atoms in total. The van der Waals surface area contributed by atoms with Crippen molar-refractivity contribution >= 4 is 0 Å². The predicted octanol–water partition coefficient (Wildman–Crippen LogP) is 2.15. The van der Waals surface area contributed by atoms with Crippen LogP contribution >= 0.6 is 0 Å². The van der Waals surface area contributed by atoms with E-state index in [0.29, 0.717) is 13.2 Å². The minimum Gasteiger partial charge on any atom is -0.376 e. The number of epoxide rings is 1. The average molecular weight is 242 g/mol. The van der Waals surface area contributed by atoms with Crippen LogP contribution in [0.5, 0.6) is 0 Å². The highest BCUT2D eigenvalue weighted by molar-refractivity contribution is 4.67. The Labute approximate surface area is 92.9 Å². The molecule has 96 valence electrons. The van der Waals surface area contributed by atoms with Gasteiger partial charge in [-0.15, -0.1) is 0 Å². The number of alkyl halides is 3. The Morgan fingerprint density at radius 2 is 2.12 bits per heavy atom. The Morgan fingerprint density at radius 1 is 1.44 bits per heavy atom. The molecule has 1 aliphatic rings. The zero-order valence-corrected chi connectivity index (χ0v) is 9.26. The maximum atomic E-state index is 11.8. The smallest absolute Gasteiger partial charge is 0.376 e. The molecule has 0 aromatic carbocycles. The van der Waals surface area contributed by atoms with Gasteiger partial charge in [0.05, 0.1) is 25.9 Å². The van der Waals surface area contributed by atoms with Gasteiger partial charge in [-0.3, -0.25) is 0 Å². The summed E-state index contributed by atoms with van der Waals surface area (Å²) in [6.07, 6.45) is -4.85. The third kappa shape index (κ3) is 7.90. The topological polar surface area (TPSA) is 31.0 Å². The molecule has 2 unspecified atom stereocenters. The van der Waals surface area contributed by atoms with Crippen LogP contribution in [0.2, 0.25) is 0 Å². The highest BCUT2D eigenvalue weighted by Gasteiger charge is 2.26. The van der Waals surface area contributed by atoms with Crippen LogP contribution in [0.25, 0.3) is 0 Å². The molecule has 1 saturated heterocycles. The average Bonchev–Trinajstić information content (AvgIpc) is 2.95. The van der Waals surface area contributed by atoms with E-state index in [4.69, 9.17) is 14.2 Å². The van der Waals surface area contributed by atoms with E-state index in [-0.39, 0.29) is 25.2 Å². The molecule has 1 rings (SSSR count). The van der Waals surface area contributed by atoms with Crippen molar-refractivity contribution in [3.8, 4) is 0 Å². The summed E-state index contributed by atoms with van der Waals surface area (Å²) in [7, 11) is 0. The Balaban J connectivity index is 1.86. The summed E-state index contributed by atoms with van der Waals surface area (Å²) >= 11 is 0. The van der Waals surface area contributed by atoms with Crippen LogP contribution in [0.15, 0.2) is 0 Å². The van der Waals surface area contributed by atoms with Gasteiger partial charge >= 0.3 is 6.18 Å². The van der Waals surface area contributed by atoms with Gasteiger partial charge in [0.15, 0.2) is 0 Å². The molecule has 0 aromatic rings. The third-order valence-corrected chi connectivity index (χ3v) is 2.07. The van der Waals surface area contributed by atoms with Crippen molar-refractivity contribution in [2.24, 2.45) is 0 Å². The lowest BCUT2D eigenvalue weighted by Crippen LogP contribution is -2.19. The number of ether oxygens (including phenoxy) is 3. The van der Waals surface area contributed by atoms with Gasteiger partial charge in [0, 0.05) is 13.0 Å². The third-order valence-electron chi connectivity index (χ3n) is 2.07. The lowest BCUT2D eigenvalue weighted by atomic mass is 10.3.